The summed E-state index contributed by atoms with van der Waals surface area (Å²) < 4.78 is 10.9. The van der Waals surface area contributed by atoms with Gasteiger partial charge in [0.15, 0.2) is 11.2 Å². The molecule has 0 unspecified atom stereocenters. The maximum atomic E-state index is 14.2. The molecule has 5 nitrogen and oxygen atoms in total. The number of Topliss-reactive ketones (excluding diaryl/α,β-unsaturated/α-hetero) is 1. The van der Waals surface area contributed by atoms with Gasteiger partial charge in [-0.3, -0.25) is 9.59 Å². The Morgan fingerprint density at radius 1 is 1.00 bits per heavy atom. The molecule has 0 aliphatic heterocycles. The van der Waals surface area contributed by atoms with Crippen molar-refractivity contribution in [1.82, 2.24) is 0 Å². The molecule has 1 saturated carbocycles. The fourth-order valence-electron chi connectivity index (χ4n) is 6.98. The number of ketones is 1. The Morgan fingerprint density at radius 3 is 2.45 bits per heavy atom. The van der Waals surface area contributed by atoms with Gasteiger partial charge in [0.05, 0.1) is 18.6 Å². The summed E-state index contributed by atoms with van der Waals surface area (Å²) in [5.74, 6) is -1.99. The van der Waals surface area contributed by atoms with Gasteiger partial charge in [-0.05, 0) is 53.7 Å². The van der Waals surface area contributed by atoms with Gasteiger partial charge in [-0.25, -0.2) is 4.79 Å². The summed E-state index contributed by atoms with van der Waals surface area (Å²) in [7, 11) is 0. The number of hydrogen-bond donors (Lipinski definition) is 0. The molecule has 31 heavy (non-hydrogen) atoms. The van der Waals surface area contributed by atoms with Crippen LogP contribution in [0.2, 0.25) is 0 Å². The Labute approximate surface area is 179 Å². The summed E-state index contributed by atoms with van der Waals surface area (Å²) in [4.78, 5) is 41.1. The van der Waals surface area contributed by atoms with Crippen molar-refractivity contribution in [2.45, 2.75) is 25.7 Å². The van der Waals surface area contributed by atoms with Crippen molar-refractivity contribution in [3.63, 3.8) is 0 Å². The second-order valence-electron chi connectivity index (χ2n) is 8.68. The molecule has 0 N–H and O–H groups in total. The lowest BCUT2D eigenvalue weighted by molar-refractivity contribution is -0.163. The summed E-state index contributed by atoms with van der Waals surface area (Å²) >= 11 is 0. The van der Waals surface area contributed by atoms with E-state index in [2.05, 4.69) is 6.08 Å². The van der Waals surface area contributed by atoms with E-state index in [-0.39, 0.29) is 30.6 Å². The number of fused-ring (bicyclic) bond motifs is 4. The minimum Gasteiger partial charge on any atom is -0.465 e. The number of hydrogen-bond acceptors (Lipinski definition) is 5. The largest absolute Gasteiger partial charge is 0.465 e. The Hall–Kier alpha value is -3.21. The van der Waals surface area contributed by atoms with Crippen molar-refractivity contribution < 1.29 is 23.9 Å². The first kappa shape index (κ1) is 18.6. The predicted octanol–water partition coefficient (Wildman–Crippen LogP) is 3.75. The highest BCUT2D eigenvalue weighted by Gasteiger charge is 2.81. The van der Waals surface area contributed by atoms with Crippen LogP contribution in [-0.2, 0) is 29.3 Å². The van der Waals surface area contributed by atoms with Gasteiger partial charge in [0.1, 0.15) is 5.57 Å². The normalized spacial score (nSPS) is 31.4. The topological polar surface area (TPSA) is 69.7 Å². The van der Waals surface area contributed by atoms with Crippen LogP contribution >= 0.6 is 0 Å². The zero-order valence-corrected chi connectivity index (χ0v) is 17.4. The zero-order valence-electron chi connectivity index (χ0n) is 17.4. The van der Waals surface area contributed by atoms with E-state index in [1.165, 1.54) is 0 Å². The van der Waals surface area contributed by atoms with Crippen LogP contribution in [-0.4, -0.2) is 30.9 Å². The number of carbonyl (C=O) groups is 3. The quantitative estimate of drug-likeness (QED) is 0.330. The van der Waals surface area contributed by atoms with Crippen LogP contribution < -0.4 is 0 Å². The molecular weight excluding hydrogens is 392 g/mol. The highest BCUT2D eigenvalue weighted by Crippen LogP contribution is 2.77. The maximum Gasteiger partial charge on any atom is 0.342 e. The number of carbonyl (C=O) groups excluding carboxylic acids is 3. The average molecular weight is 414 g/mol. The Kier molecular flexibility index (Phi) is 3.55. The third-order valence-electron chi connectivity index (χ3n) is 7.72. The predicted molar refractivity (Wildman–Crippen MR) is 114 cm³/mol. The van der Waals surface area contributed by atoms with Gasteiger partial charge in [-0.2, -0.15) is 0 Å². The molecule has 5 heteroatoms. The standard InChI is InChI=1S/C26H22O5/c1-3-30-23(28)20-21-17-9-5-7-14-8-6-10-18(19(14)17)25(21)15-11-12-16(13-15)26(25,22(20)27)24(29)31-4-2/h5-12,15-16H,3-4,13H2,1-2H3/t15-,16+,25-,26-/m0/s1. The van der Waals surface area contributed by atoms with Gasteiger partial charge in [0, 0.05) is 5.92 Å². The third-order valence-corrected chi connectivity index (χ3v) is 7.72. The van der Waals surface area contributed by atoms with Gasteiger partial charge in [0.25, 0.3) is 0 Å². The van der Waals surface area contributed by atoms with Crippen molar-refractivity contribution >= 4 is 34.1 Å². The summed E-state index contributed by atoms with van der Waals surface area (Å²) in [6.07, 6.45) is 4.78. The van der Waals surface area contributed by atoms with Crippen molar-refractivity contribution in [2.75, 3.05) is 13.2 Å². The van der Waals surface area contributed by atoms with Crippen LogP contribution in [0, 0.1) is 17.3 Å². The molecule has 0 aromatic heterocycles. The molecule has 4 aliphatic carbocycles. The van der Waals surface area contributed by atoms with Crippen LogP contribution in [0.1, 0.15) is 31.4 Å². The Balaban J connectivity index is 1.79. The van der Waals surface area contributed by atoms with Crippen LogP contribution in [0.5, 0.6) is 0 Å². The average Bonchev–Trinajstić information content (AvgIpc) is 3.47. The van der Waals surface area contributed by atoms with E-state index < -0.39 is 28.6 Å². The first-order valence-corrected chi connectivity index (χ1v) is 10.9. The van der Waals surface area contributed by atoms with E-state index in [1.807, 2.05) is 42.5 Å². The molecule has 4 atom stereocenters. The van der Waals surface area contributed by atoms with Crippen LogP contribution in [0.25, 0.3) is 16.3 Å². The molecular formula is C26H22O5. The number of esters is 2. The Bertz CT molecular complexity index is 1260. The molecule has 4 aliphatic rings. The second-order valence-corrected chi connectivity index (χ2v) is 8.68. The fraction of sp³-hybridized carbons (Fsp3) is 0.346. The highest BCUT2D eigenvalue weighted by atomic mass is 16.5. The van der Waals surface area contributed by atoms with Crippen molar-refractivity contribution in [3.05, 3.63) is 65.3 Å². The fourth-order valence-corrected chi connectivity index (χ4v) is 6.98. The monoisotopic (exact) mass is 414 g/mol. The number of ether oxygens (including phenoxy) is 2. The SMILES string of the molecule is CCOC(=O)C1=C2c3cccc4cccc(c34)[C@@]23[C@H]2C=C[C@H](C2)[C@@]3(C(=O)OCC)C1=O. The van der Waals surface area contributed by atoms with Crippen LogP contribution in [0.15, 0.2) is 54.1 Å². The zero-order chi connectivity index (χ0) is 21.5. The van der Waals surface area contributed by atoms with Crippen molar-refractivity contribution in [1.29, 1.82) is 0 Å². The number of rotatable bonds is 4. The lowest BCUT2D eigenvalue weighted by Gasteiger charge is -2.44. The van der Waals surface area contributed by atoms with Crippen molar-refractivity contribution in [3.8, 4) is 0 Å². The minimum absolute atomic E-state index is 0.0250. The molecule has 0 amide bonds. The molecule has 2 aromatic rings. The summed E-state index contributed by atoms with van der Waals surface area (Å²) in [5, 5.41) is 2.05. The van der Waals surface area contributed by atoms with E-state index in [9.17, 15) is 14.4 Å². The van der Waals surface area contributed by atoms with E-state index in [1.54, 1.807) is 13.8 Å². The van der Waals surface area contributed by atoms with E-state index in [0.29, 0.717) is 12.0 Å². The minimum atomic E-state index is -1.47. The molecule has 2 aromatic carbocycles. The maximum absolute atomic E-state index is 14.2. The molecule has 2 bridgehead atoms. The van der Waals surface area contributed by atoms with Gasteiger partial charge in [-0.1, -0.05) is 48.6 Å². The lowest BCUT2D eigenvalue weighted by Crippen LogP contribution is -2.55. The Morgan fingerprint density at radius 2 is 1.71 bits per heavy atom. The molecule has 0 saturated heterocycles. The van der Waals surface area contributed by atoms with Crippen LogP contribution in [0.4, 0.5) is 0 Å². The molecule has 0 radical (unpaired) electrons. The van der Waals surface area contributed by atoms with Gasteiger partial charge in [0.2, 0.25) is 0 Å². The molecule has 1 spiro atoms. The van der Waals surface area contributed by atoms with E-state index >= 15 is 0 Å². The van der Waals surface area contributed by atoms with Gasteiger partial charge in [-0.15, -0.1) is 0 Å². The van der Waals surface area contributed by atoms with Gasteiger partial charge < -0.3 is 9.47 Å². The van der Waals surface area contributed by atoms with Crippen LogP contribution in [0.3, 0.4) is 0 Å². The number of allylic oxidation sites excluding steroid dienone is 3. The summed E-state index contributed by atoms with van der Waals surface area (Å²) in [6, 6.07) is 11.9. The lowest BCUT2D eigenvalue weighted by atomic mass is 9.55. The third kappa shape index (κ3) is 1.76. The van der Waals surface area contributed by atoms with E-state index in [4.69, 9.17) is 9.47 Å². The molecule has 156 valence electrons. The smallest absolute Gasteiger partial charge is 0.342 e. The highest BCUT2D eigenvalue weighted by molar-refractivity contribution is 6.37. The van der Waals surface area contributed by atoms with E-state index in [0.717, 1.165) is 21.9 Å². The first-order chi connectivity index (χ1) is 15.0. The first-order valence-electron chi connectivity index (χ1n) is 10.9. The molecule has 6 rings (SSSR count). The second kappa shape index (κ2) is 5.94. The van der Waals surface area contributed by atoms with Crippen molar-refractivity contribution in [2.24, 2.45) is 17.3 Å². The molecule has 0 heterocycles. The number of benzene rings is 2. The summed E-state index contributed by atoms with van der Waals surface area (Å²) in [6.45, 7) is 3.79. The molecule has 1 fully saturated rings. The van der Waals surface area contributed by atoms with Gasteiger partial charge >= 0.3 is 11.9 Å². The summed E-state index contributed by atoms with van der Waals surface area (Å²) in [5.41, 5.74) is 0.100.